The van der Waals surface area contributed by atoms with Crippen molar-refractivity contribution in [3.8, 4) is 0 Å². The highest BCUT2D eigenvalue weighted by Crippen LogP contribution is 1.79. The Morgan fingerprint density at radius 3 is 2.00 bits per heavy atom. The zero-order chi connectivity index (χ0) is 4.24. The van der Waals surface area contributed by atoms with Gasteiger partial charge in [-0.05, 0) is 0 Å². The van der Waals surface area contributed by atoms with Crippen molar-refractivity contribution in [1.82, 2.24) is 5.32 Å². The SMILES string of the molecule is C1NCOCO1. The fourth-order valence-corrected chi connectivity index (χ4v) is 0.328. The van der Waals surface area contributed by atoms with Gasteiger partial charge >= 0.3 is 0 Å². The zero-order valence-electron chi connectivity index (χ0n) is 3.44. The van der Waals surface area contributed by atoms with E-state index in [9.17, 15) is 0 Å². The summed E-state index contributed by atoms with van der Waals surface area (Å²) >= 11 is 0. The molecule has 1 heterocycles. The molecule has 0 aromatic carbocycles. The molecule has 0 radical (unpaired) electrons. The van der Waals surface area contributed by atoms with Gasteiger partial charge in [-0.3, -0.25) is 5.32 Å². The van der Waals surface area contributed by atoms with Crippen molar-refractivity contribution >= 4 is 0 Å². The molecule has 3 heteroatoms. The van der Waals surface area contributed by atoms with E-state index in [0.29, 0.717) is 20.3 Å². The smallest absolute Gasteiger partial charge is 0.150 e. The van der Waals surface area contributed by atoms with Crippen LogP contribution < -0.4 is 5.32 Å². The molecule has 0 aliphatic carbocycles. The van der Waals surface area contributed by atoms with Crippen LogP contribution in [0.25, 0.3) is 0 Å². The second-order valence-electron chi connectivity index (χ2n) is 1.06. The summed E-state index contributed by atoms with van der Waals surface area (Å²) in [5, 5.41) is 2.84. The molecule has 1 saturated heterocycles. The normalized spacial score (nSPS) is 24.0. The molecule has 1 N–H and O–H groups in total. The van der Waals surface area contributed by atoms with Crippen LogP contribution in [-0.2, 0) is 9.47 Å². The third-order valence-corrected chi connectivity index (χ3v) is 0.575. The molecule has 0 aromatic heterocycles. The summed E-state index contributed by atoms with van der Waals surface area (Å²) in [6.45, 7) is 1.69. The number of rotatable bonds is 0. The van der Waals surface area contributed by atoms with Gasteiger partial charge < -0.3 is 9.47 Å². The predicted octanol–water partition coefficient (Wildman–Crippen LogP) is -0.505. The van der Waals surface area contributed by atoms with Gasteiger partial charge in [0, 0.05) is 0 Å². The molecular weight excluding hydrogens is 82.0 g/mol. The summed E-state index contributed by atoms with van der Waals surface area (Å²) in [7, 11) is 0. The minimum atomic E-state index is 0.438. The highest BCUT2D eigenvalue weighted by atomic mass is 16.7. The van der Waals surface area contributed by atoms with Crippen molar-refractivity contribution in [3.05, 3.63) is 0 Å². The van der Waals surface area contributed by atoms with E-state index in [2.05, 4.69) is 5.32 Å². The summed E-state index contributed by atoms with van der Waals surface area (Å²) in [6, 6.07) is 0. The first-order chi connectivity index (χ1) is 3.00. The number of ether oxygens (including phenoxy) is 2. The van der Waals surface area contributed by atoms with Crippen LogP contribution in [0.3, 0.4) is 0 Å². The molecule has 0 bridgehead atoms. The minimum absolute atomic E-state index is 0.438. The molecule has 1 aliphatic heterocycles. The molecule has 1 fully saturated rings. The monoisotopic (exact) mass is 89.0 g/mol. The Morgan fingerprint density at radius 2 is 1.83 bits per heavy atom. The molecule has 0 spiro atoms. The predicted molar refractivity (Wildman–Crippen MR) is 19.9 cm³/mol. The number of nitrogens with one attached hydrogen (secondary N) is 1. The van der Waals surface area contributed by atoms with E-state index in [-0.39, 0.29) is 0 Å². The molecule has 1 rings (SSSR count). The Morgan fingerprint density at radius 1 is 1.17 bits per heavy atom. The lowest BCUT2D eigenvalue weighted by Gasteiger charge is -2.11. The second-order valence-corrected chi connectivity index (χ2v) is 1.06. The molecule has 0 unspecified atom stereocenters. The molecule has 3 nitrogen and oxygen atoms in total. The maximum atomic E-state index is 4.74. The maximum absolute atomic E-state index is 4.74. The van der Waals surface area contributed by atoms with Gasteiger partial charge in [0.25, 0.3) is 0 Å². The van der Waals surface area contributed by atoms with Gasteiger partial charge in [0.1, 0.15) is 20.3 Å². The van der Waals surface area contributed by atoms with Gasteiger partial charge in [0.15, 0.2) is 0 Å². The standard InChI is InChI=1S/C3H7NO2/c1-4-2-6-3-5-1/h4H,1-3H2. The molecule has 6 heavy (non-hydrogen) atoms. The lowest BCUT2D eigenvalue weighted by atomic mass is 11.0. The molecule has 0 saturated carbocycles. The van der Waals surface area contributed by atoms with Gasteiger partial charge in [-0.15, -0.1) is 0 Å². The maximum Gasteiger partial charge on any atom is 0.150 e. The molecule has 0 atom stereocenters. The fraction of sp³-hybridized carbons (Fsp3) is 1.00. The molecule has 1 aliphatic rings. The number of hydrogen-bond acceptors (Lipinski definition) is 3. The van der Waals surface area contributed by atoms with E-state index in [0.717, 1.165) is 0 Å². The van der Waals surface area contributed by atoms with Crippen LogP contribution in [0.1, 0.15) is 0 Å². The summed E-state index contributed by atoms with van der Waals surface area (Å²) in [4.78, 5) is 0. The Labute approximate surface area is 36.2 Å². The molecule has 36 valence electrons. The van der Waals surface area contributed by atoms with Gasteiger partial charge in [-0.25, -0.2) is 0 Å². The number of hydrogen-bond donors (Lipinski definition) is 1. The first-order valence-corrected chi connectivity index (χ1v) is 1.86. The van der Waals surface area contributed by atoms with Crippen molar-refractivity contribution in [2.45, 2.75) is 0 Å². The van der Waals surface area contributed by atoms with Crippen molar-refractivity contribution in [3.63, 3.8) is 0 Å². The van der Waals surface area contributed by atoms with Crippen molar-refractivity contribution in [1.29, 1.82) is 0 Å². The lowest BCUT2D eigenvalue weighted by Crippen LogP contribution is -2.28. The van der Waals surface area contributed by atoms with Gasteiger partial charge in [-0.2, -0.15) is 0 Å². The first kappa shape index (κ1) is 4.05. The minimum Gasteiger partial charge on any atom is -0.340 e. The molecular formula is C3H7NO2. The van der Waals surface area contributed by atoms with Crippen LogP contribution >= 0.6 is 0 Å². The van der Waals surface area contributed by atoms with Gasteiger partial charge in [0.2, 0.25) is 0 Å². The first-order valence-electron chi connectivity index (χ1n) is 1.86. The average Bonchev–Trinajstić information content (AvgIpc) is 1.72. The topological polar surface area (TPSA) is 30.5 Å². The summed E-state index contributed by atoms with van der Waals surface area (Å²) in [6.07, 6.45) is 0. The highest BCUT2D eigenvalue weighted by Gasteiger charge is 1.91. The van der Waals surface area contributed by atoms with Crippen LogP contribution in [0, 0.1) is 0 Å². The van der Waals surface area contributed by atoms with E-state index < -0.39 is 0 Å². The van der Waals surface area contributed by atoms with Crippen molar-refractivity contribution in [2.24, 2.45) is 0 Å². The van der Waals surface area contributed by atoms with Crippen LogP contribution in [0.15, 0.2) is 0 Å². The Bertz CT molecular complexity index is 24.3. The Balaban J connectivity index is 2.00. The van der Waals surface area contributed by atoms with E-state index in [4.69, 9.17) is 9.47 Å². The third kappa shape index (κ3) is 0.931. The van der Waals surface area contributed by atoms with Crippen molar-refractivity contribution in [2.75, 3.05) is 20.3 Å². The van der Waals surface area contributed by atoms with Crippen molar-refractivity contribution < 1.29 is 9.47 Å². The largest absolute Gasteiger partial charge is 0.340 e. The fourth-order valence-electron chi connectivity index (χ4n) is 0.328. The zero-order valence-corrected chi connectivity index (χ0v) is 3.44. The summed E-state index contributed by atoms with van der Waals surface area (Å²) in [5.74, 6) is 0. The Hall–Kier alpha value is -0.120. The third-order valence-electron chi connectivity index (χ3n) is 0.575. The highest BCUT2D eigenvalue weighted by molar-refractivity contribution is 4.26. The summed E-state index contributed by atoms with van der Waals surface area (Å²) in [5.41, 5.74) is 0. The lowest BCUT2D eigenvalue weighted by molar-refractivity contribution is -0.113. The van der Waals surface area contributed by atoms with Gasteiger partial charge in [-0.1, -0.05) is 0 Å². The van der Waals surface area contributed by atoms with E-state index in [1.54, 1.807) is 0 Å². The van der Waals surface area contributed by atoms with E-state index >= 15 is 0 Å². The average molecular weight is 89.1 g/mol. The van der Waals surface area contributed by atoms with Crippen LogP contribution in [0.5, 0.6) is 0 Å². The summed E-state index contributed by atoms with van der Waals surface area (Å²) < 4.78 is 9.47. The molecule has 0 aromatic rings. The quantitative estimate of drug-likeness (QED) is 0.434. The molecule has 0 amide bonds. The van der Waals surface area contributed by atoms with E-state index in [1.165, 1.54) is 0 Å². The van der Waals surface area contributed by atoms with Crippen LogP contribution in [-0.4, -0.2) is 20.3 Å². The van der Waals surface area contributed by atoms with Crippen LogP contribution in [0.4, 0.5) is 0 Å². The van der Waals surface area contributed by atoms with Crippen LogP contribution in [0.2, 0.25) is 0 Å². The Kier molecular flexibility index (Phi) is 1.43. The van der Waals surface area contributed by atoms with Gasteiger partial charge in [0.05, 0.1) is 0 Å². The second kappa shape index (κ2) is 2.12. The van der Waals surface area contributed by atoms with E-state index in [1.807, 2.05) is 0 Å².